The van der Waals surface area contributed by atoms with Crippen LogP contribution in [0, 0.1) is 0 Å². The molecule has 0 N–H and O–H groups in total. The molecule has 0 unspecified atom stereocenters. The summed E-state index contributed by atoms with van der Waals surface area (Å²) in [6.07, 6.45) is 5.86. The molecule has 0 spiro atoms. The molecule has 3 aromatic heterocycles. The fourth-order valence-electron chi connectivity index (χ4n) is 5.27. The first-order valence-electron chi connectivity index (χ1n) is 13.0. The van der Waals surface area contributed by atoms with Crippen molar-refractivity contribution in [3.8, 4) is 10.6 Å². The highest BCUT2D eigenvalue weighted by molar-refractivity contribution is 7.13. The number of rotatable bonds is 10. The van der Waals surface area contributed by atoms with Crippen molar-refractivity contribution in [2.45, 2.75) is 32.6 Å². The second kappa shape index (κ2) is 10.4. The van der Waals surface area contributed by atoms with Crippen LogP contribution in [0.1, 0.15) is 42.3 Å². The molecular formula is C28H33BF2N3O2S2+. The lowest BCUT2D eigenvalue weighted by Gasteiger charge is -2.31. The summed E-state index contributed by atoms with van der Waals surface area (Å²) in [6, 6.07) is 9.51. The molecule has 2 aliphatic rings. The van der Waals surface area contributed by atoms with E-state index >= 15 is 8.63 Å². The Hall–Kier alpha value is -2.82. The lowest BCUT2D eigenvalue weighted by molar-refractivity contribution is -0.870. The van der Waals surface area contributed by atoms with E-state index in [0.717, 1.165) is 44.8 Å². The zero-order chi connectivity index (χ0) is 27.1. The number of quaternary nitrogens is 1. The Labute approximate surface area is 230 Å². The van der Waals surface area contributed by atoms with E-state index < -0.39 is 6.97 Å². The molecule has 0 bridgehead atoms. The number of esters is 1. The van der Waals surface area contributed by atoms with Crippen LogP contribution in [0.4, 0.5) is 8.63 Å². The summed E-state index contributed by atoms with van der Waals surface area (Å²) < 4.78 is 42.1. The summed E-state index contributed by atoms with van der Waals surface area (Å²) in [6.45, 7) is -1.18. The highest BCUT2D eigenvalue weighted by Crippen LogP contribution is 2.43. The van der Waals surface area contributed by atoms with Gasteiger partial charge in [0.1, 0.15) is 0 Å². The zero-order valence-electron chi connectivity index (χ0n) is 22.2. The number of allylic oxidation sites excluding steroid dienone is 2. The third-order valence-electron chi connectivity index (χ3n) is 6.94. The van der Waals surface area contributed by atoms with Crippen LogP contribution in [0.2, 0.25) is 0 Å². The highest BCUT2D eigenvalue weighted by atomic mass is 32.1. The molecule has 38 heavy (non-hydrogen) atoms. The van der Waals surface area contributed by atoms with Crippen LogP contribution < -0.4 is 0 Å². The number of carbonyl (C=O) groups is 1. The SMILES string of the molecule is CCOC(=O)CCC1=CC(c2cccs2)=[N+]2C1=Cc1c(CCC[N+](C)(C)C)cc(-c3cccs3)n1[B-]2(F)F. The van der Waals surface area contributed by atoms with Crippen molar-refractivity contribution in [1.82, 2.24) is 4.48 Å². The van der Waals surface area contributed by atoms with E-state index in [1.54, 1.807) is 6.92 Å². The van der Waals surface area contributed by atoms with Crippen LogP contribution in [0.5, 0.6) is 0 Å². The van der Waals surface area contributed by atoms with Crippen molar-refractivity contribution in [3.63, 3.8) is 0 Å². The number of fused-ring (bicyclic) bond motifs is 2. The summed E-state index contributed by atoms with van der Waals surface area (Å²) in [5.74, 6) is -0.317. The number of nitrogens with zero attached hydrogens (tertiary/aromatic N) is 3. The largest absolute Gasteiger partial charge is 0.737 e. The topological polar surface area (TPSA) is 34.2 Å². The molecule has 0 atom stereocenters. The monoisotopic (exact) mass is 556 g/mol. The Balaban J connectivity index is 1.64. The van der Waals surface area contributed by atoms with Crippen LogP contribution in [0.3, 0.4) is 0 Å². The van der Waals surface area contributed by atoms with Crippen molar-refractivity contribution in [3.05, 3.63) is 74.6 Å². The number of carbonyl (C=O) groups excluding carboxylic acids is 1. The molecule has 5 nitrogen and oxygen atoms in total. The lowest BCUT2D eigenvalue weighted by atomic mass is 9.88. The maximum Gasteiger partial charge on any atom is 0.737 e. The van der Waals surface area contributed by atoms with Crippen LogP contribution in [-0.4, -0.2) is 66.4 Å². The summed E-state index contributed by atoms with van der Waals surface area (Å²) >= 11 is 2.91. The third-order valence-corrected chi connectivity index (χ3v) is 8.72. The minimum Gasteiger partial charge on any atom is -0.466 e. The van der Waals surface area contributed by atoms with E-state index in [-0.39, 0.29) is 12.4 Å². The van der Waals surface area contributed by atoms with E-state index in [1.807, 2.05) is 53.2 Å². The van der Waals surface area contributed by atoms with Gasteiger partial charge in [0.25, 0.3) is 0 Å². The number of aryl methyl sites for hydroxylation is 1. The molecule has 0 saturated carbocycles. The van der Waals surface area contributed by atoms with Gasteiger partial charge in [0.05, 0.1) is 39.2 Å². The number of aromatic nitrogens is 1. The van der Waals surface area contributed by atoms with Gasteiger partial charge in [0.2, 0.25) is 0 Å². The van der Waals surface area contributed by atoms with Gasteiger partial charge in [0.15, 0.2) is 11.4 Å². The van der Waals surface area contributed by atoms with Crippen molar-refractivity contribution < 1.29 is 27.1 Å². The molecule has 10 heteroatoms. The second-order valence-electron chi connectivity index (χ2n) is 10.7. The molecule has 0 fully saturated rings. The summed E-state index contributed by atoms with van der Waals surface area (Å²) in [5, 5.41) is 3.82. The third kappa shape index (κ3) is 5.09. The highest BCUT2D eigenvalue weighted by Gasteiger charge is 2.55. The first-order chi connectivity index (χ1) is 18.1. The Morgan fingerprint density at radius 3 is 2.42 bits per heavy atom. The molecule has 200 valence electrons. The molecule has 0 radical (unpaired) electrons. The molecular weight excluding hydrogens is 523 g/mol. The lowest BCUT2D eigenvalue weighted by Crippen LogP contribution is -2.50. The van der Waals surface area contributed by atoms with Crippen LogP contribution in [0.25, 0.3) is 16.6 Å². The van der Waals surface area contributed by atoms with Gasteiger partial charge >= 0.3 is 12.9 Å². The van der Waals surface area contributed by atoms with Gasteiger partial charge in [-0.05, 0) is 54.3 Å². The second-order valence-corrected chi connectivity index (χ2v) is 12.6. The van der Waals surface area contributed by atoms with Crippen LogP contribution in [0.15, 0.2) is 58.4 Å². The summed E-state index contributed by atoms with van der Waals surface area (Å²) in [5.41, 5.74) is 3.77. The number of thiophene rings is 2. The fraction of sp³-hybridized carbons (Fsp3) is 0.357. The smallest absolute Gasteiger partial charge is 0.466 e. The van der Waals surface area contributed by atoms with Crippen molar-refractivity contribution in [2.75, 3.05) is 34.3 Å². The molecule has 0 saturated heterocycles. The predicted octanol–water partition coefficient (Wildman–Crippen LogP) is 6.28. The first-order valence-corrected chi connectivity index (χ1v) is 14.8. The average Bonchev–Trinajstić information content (AvgIpc) is 3.63. The number of hydrogen-bond acceptors (Lipinski definition) is 4. The van der Waals surface area contributed by atoms with Gasteiger partial charge in [-0.1, -0.05) is 12.1 Å². The van der Waals surface area contributed by atoms with Crippen molar-refractivity contribution in [2.24, 2.45) is 0 Å². The van der Waals surface area contributed by atoms with Gasteiger partial charge < -0.3 is 26.8 Å². The Morgan fingerprint density at radius 2 is 1.79 bits per heavy atom. The molecule has 3 aromatic rings. The number of hydrogen-bond donors (Lipinski definition) is 0. The fourth-order valence-corrected chi connectivity index (χ4v) is 6.75. The van der Waals surface area contributed by atoms with Gasteiger partial charge in [-0.2, -0.15) is 0 Å². The number of halogens is 2. The van der Waals surface area contributed by atoms with Gasteiger partial charge in [-0.25, -0.2) is 0 Å². The van der Waals surface area contributed by atoms with Crippen molar-refractivity contribution >= 4 is 47.4 Å². The van der Waals surface area contributed by atoms with Gasteiger partial charge in [-0.3, -0.25) is 4.79 Å². The van der Waals surface area contributed by atoms with Gasteiger partial charge in [-0.15, -0.1) is 22.7 Å². The molecule has 0 aromatic carbocycles. The Kier molecular flexibility index (Phi) is 7.32. The predicted molar refractivity (Wildman–Crippen MR) is 153 cm³/mol. The van der Waals surface area contributed by atoms with Gasteiger partial charge in [0, 0.05) is 46.8 Å². The summed E-state index contributed by atoms with van der Waals surface area (Å²) in [4.78, 5) is 13.8. The maximum absolute atomic E-state index is 16.8. The van der Waals surface area contributed by atoms with E-state index in [4.69, 9.17) is 4.74 Å². The van der Waals surface area contributed by atoms with E-state index in [2.05, 4.69) is 21.1 Å². The van der Waals surface area contributed by atoms with E-state index in [9.17, 15) is 4.79 Å². The molecule has 5 rings (SSSR count). The normalized spacial score (nSPS) is 16.3. The first kappa shape index (κ1) is 26.8. The molecule has 2 aliphatic heterocycles. The summed E-state index contributed by atoms with van der Waals surface area (Å²) in [7, 11) is 6.43. The van der Waals surface area contributed by atoms with E-state index in [1.165, 1.54) is 31.6 Å². The Morgan fingerprint density at radius 1 is 1.08 bits per heavy atom. The Bertz CT molecular complexity index is 1430. The molecule has 0 aliphatic carbocycles. The number of ether oxygens (including phenoxy) is 1. The maximum atomic E-state index is 16.8. The van der Waals surface area contributed by atoms with Crippen LogP contribution in [-0.2, 0) is 16.0 Å². The average molecular weight is 557 g/mol. The van der Waals surface area contributed by atoms with Crippen molar-refractivity contribution in [1.29, 1.82) is 0 Å². The van der Waals surface area contributed by atoms with Crippen LogP contribution >= 0.6 is 22.7 Å². The quantitative estimate of drug-likeness (QED) is 0.167. The van der Waals surface area contributed by atoms with E-state index in [0.29, 0.717) is 35.8 Å². The molecule has 0 amide bonds. The molecule has 5 heterocycles. The zero-order valence-corrected chi connectivity index (χ0v) is 23.9. The standard InChI is InChI=1S/C28H33BF2N3O2S2/c1-5-36-28(35)13-12-21-18-25(27-11-8-16-38-27)33-23(21)19-22-20(9-6-14-34(2,3)4)17-24(26-10-7-15-37-26)32(22)29(33,30)31/h7-8,10-11,15-19H,5-6,9,12-14H2,1-4H3/q+1. The minimum atomic E-state index is -4.19. The minimum absolute atomic E-state index is 0.152.